The zero-order valence-corrected chi connectivity index (χ0v) is 12.1. The minimum absolute atomic E-state index is 0.159. The Labute approximate surface area is 112 Å². The Kier molecular flexibility index (Phi) is 4.68. The Hall–Kier alpha value is -0.120. The Balaban J connectivity index is 1.76. The van der Waals surface area contributed by atoms with Gasteiger partial charge in [0, 0.05) is 12.1 Å². The van der Waals surface area contributed by atoms with Gasteiger partial charge in [-0.2, -0.15) is 0 Å². The highest BCUT2D eigenvalue weighted by atomic mass is 16.3. The van der Waals surface area contributed by atoms with E-state index in [1.165, 1.54) is 45.3 Å². The first-order valence-corrected chi connectivity index (χ1v) is 7.67. The average Bonchev–Trinajstić information content (AvgIpc) is 2.94. The molecule has 3 atom stereocenters. The van der Waals surface area contributed by atoms with Crippen LogP contribution in [0.25, 0.3) is 0 Å². The van der Waals surface area contributed by atoms with Gasteiger partial charge in [-0.15, -0.1) is 0 Å². The van der Waals surface area contributed by atoms with Crippen molar-refractivity contribution in [2.24, 2.45) is 23.5 Å². The molecule has 2 aliphatic rings. The maximum atomic E-state index is 9.46. The molecule has 3 nitrogen and oxygen atoms in total. The molecule has 0 radical (unpaired) electrons. The zero-order valence-electron chi connectivity index (χ0n) is 12.1. The number of hydrogen-bond acceptors (Lipinski definition) is 3. The van der Waals surface area contributed by atoms with E-state index in [1.54, 1.807) is 0 Å². The van der Waals surface area contributed by atoms with Gasteiger partial charge in [-0.1, -0.05) is 20.3 Å². The van der Waals surface area contributed by atoms with Gasteiger partial charge in [0.05, 0.1) is 6.61 Å². The van der Waals surface area contributed by atoms with Gasteiger partial charge in [-0.25, -0.2) is 0 Å². The van der Waals surface area contributed by atoms with Crippen molar-refractivity contribution in [3.05, 3.63) is 0 Å². The highest BCUT2D eigenvalue weighted by Crippen LogP contribution is 2.36. The molecule has 0 aromatic rings. The lowest BCUT2D eigenvalue weighted by molar-refractivity contribution is 0.146. The monoisotopic (exact) mass is 254 g/mol. The largest absolute Gasteiger partial charge is 0.394 e. The Morgan fingerprint density at radius 3 is 2.78 bits per heavy atom. The highest BCUT2D eigenvalue weighted by molar-refractivity contribution is 4.96. The van der Waals surface area contributed by atoms with Gasteiger partial charge in [0.15, 0.2) is 0 Å². The van der Waals surface area contributed by atoms with Gasteiger partial charge in [0.2, 0.25) is 0 Å². The van der Waals surface area contributed by atoms with Crippen molar-refractivity contribution >= 4 is 0 Å². The summed E-state index contributed by atoms with van der Waals surface area (Å²) in [6.45, 7) is 8.52. The lowest BCUT2D eigenvalue weighted by Crippen LogP contribution is -2.47. The Morgan fingerprint density at radius 1 is 1.39 bits per heavy atom. The summed E-state index contributed by atoms with van der Waals surface area (Å²) in [6, 6.07) is 0. The molecular formula is C15H30N2O. The van der Waals surface area contributed by atoms with Crippen LogP contribution in [-0.2, 0) is 0 Å². The fraction of sp³-hybridized carbons (Fsp3) is 1.00. The molecule has 0 aromatic carbocycles. The van der Waals surface area contributed by atoms with Crippen LogP contribution in [0.1, 0.15) is 46.0 Å². The molecule has 18 heavy (non-hydrogen) atoms. The van der Waals surface area contributed by atoms with Crippen molar-refractivity contribution in [2.45, 2.75) is 51.5 Å². The van der Waals surface area contributed by atoms with Gasteiger partial charge in [0.25, 0.3) is 0 Å². The second-order valence-electron chi connectivity index (χ2n) is 6.86. The summed E-state index contributed by atoms with van der Waals surface area (Å²) >= 11 is 0. The quantitative estimate of drug-likeness (QED) is 0.787. The molecule has 0 amide bonds. The van der Waals surface area contributed by atoms with Crippen molar-refractivity contribution < 1.29 is 5.11 Å². The van der Waals surface area contributed by atoms with Crippen LogP contribution in [-0.4, -0.2) is 41.8 Å². The third kappa shape index (κ3) is 3.06. The van der Waals surface area contributed by atoms with E-state index >= 15 is 0 Å². The predicted molar refractivity (Wildman–Crippen MR) is 75.3 cm³/mol. The molecule has 1 heterocycles. The maximum Gasteiger partial charge on any atom is 0.0613 e. The minimum atomic E-state index is -0.281. The topological polar surface area (TPSA) is 49.5 Å². The van der Waals surface area contributed by atoms with Crippen molar-refractivity contribution in [1.29, 1.82) is 0 Å². The van der Waals surface area contributed by atoms with Crippen LogP contribution in [0.2, 0.25) is 0 Å². The van der Waals surface area contributed by atoms with Crippen LogP contribution in [0.5, 0.6) is 0 Å². The number of aliphatic hydroxyl groups is 1. The van der Waals surface area contributed by atoms with E-state index in [4.69, 9.17) is 5.73 Å². The fourth-order valence-electron chi connectivity index (χ4n) is 3.76. The van der Waals surface area contributed by atoms with Gasteiger partial charge in [0.1, 0.15) is 0 Å². The number of aliphatic hydroxyl groups excluding tert-OH is 1. The Bertz CT molecular complexity index is 269. The van der Waals surface area contributed by atoms with E-state index in [2.05, 4.69) is 18.7 Å². The van der Waals surface area contributed by atoms with Crippen LogP contribution in [0.3, 0.4) is 0 Å². The summed E-state index contributed by atoms with van der Waals surface area (Å²) in [5.41, 5.74) is 6.01. The molecular weight excluding hydrogens is 224 g/mol. The van der Waals surface area contributed by atoms with Gasteiger partial charge in [-0.05, 0) is 56.5 Å². The smallest absolute Gasteiger partial charge is 0.0613 e. The van der Waals surface area contributed by atoms with Crippen LogP contribution < -0.4 is 5.73 Å². The van der Waals surface area contributed by atoms with Crippen LogP contribution in [0.15, 0.2) is 0 Å². The first kappa shape index (κ1) is 14.3. The molecule has 106 valence electrons. The molecule has 1 aliphatic heterocycles. The van der Waals surface area contributed by atoms with Crippen molar-refractivity contribution in [2.75, 3.05) is 26.2 Å². The lowest BCUT2D eigenvalue weighted by Gasteiger charge is -2.30. The Morgan fingerprint density at radius 2 is 2.17 bits per heavy atom. The van der Waals surface area contributed by atoms with Crippen LogP contribution >= 0.6 is 0 Å². The second-order valence-corrected chi connectivity index (χ2v) is 6.86. The molecule has 3 unspecified atom stereocenters. The summed E-state index contributed by atoms with van der Waals surface area (Å²) in [7, 11) is 0. The average molecular weight is 254 g/mol. The zero-order chi connectivity index (χ0) is 13.2. The third-order valence-corrected chi connectivity index (χ3v) is 5.35. The number of hydrogen-bond donors (Lipinski definition) is 2. The molecule has 3 heteroatoms. The van der Waals surface area contributed by atoms with E-state index in [0.717, 1.165) is 18.3 Å². The van der Waals surface area contributed by atoms with E-state index in [9.17, 15) is 5.11 Å². The number of rotatable bonds is 5. The van der Waals surface area contributed by atoms with Crippen LogP contribution in [0, 0.1) is 17.8 Å². The van der Waals surface area contributed by atoms with E-state index < -0.39 is 0 Å². The molecule has 0 bridgehead atoms. The molecule has 1 saturated heterocycles. The third-order valence-electron chi connectivity index (χ3n) is 5.35. The van der Waals surface area contributed by atoms with E-state index in [1.807, 2.05) is 0 Å². The van der Waals surface area contributed by atoms with Gasteiger partial charge in [-0.3, -0.25) is 0 Å². The molecule has 2 rings (SSSR count). The predicted octanol–water partition coefficient (Wildman–Crippen LogP) is 1.84. The summed E-state index contributed by atoms with van der Waals surface area (Å²) < 4.78 is 0. The molecule has 3 N–H and O–H groups in total. The number of likely N-dealkylation sites (tertiary alicyclic amines) is 1. The van der Waals surface area contributed by atoms with Gasteiger partial charge >= 0.3 is 0 Å². The first-order valence-electron chi connectivity index (χ1n) is 7.67. The van der Waals surface area contributed by atoms with E-state index in [0.29, 0.717) is 5.92 Å². The van der Waals surface area contributed by atoms with Crippen molar-refractivity contribution in [3.8, 4) is 0 Å². The number of nitrogens with zero attached hydrogens (tertiary/aromatic N) is 1. The minimum Gasteiger partial charge on any atom is -0.394 e. The summed E-state index contributed by atoms with van der Waals surface area (Å²) in [5.74, 6) is 2.22. The fourth-order valence-corrected chi connectivity index (χ4v) is 3.76. The van der Waals surface area contributed by atoms with Crippen molar-refractivity contribution in [3.63, 3.8) is 0 Å². The summed E-state index contributed by atoms with van der Waals surface area (Å²) in [4.78, 5) is 2.60. The SMILES string of the molecule is CC(C)C1CCN(CCC2CCCC2(N)CO)C1. The van der Waals surface area contributed by atoms with Crippen molar-refractivity contribution in [1.82, 2.24) is 4.90 Å². The molecule has 1 aliphatic carbocycles. The first-order chi connectivity index (χ1) is 8.55. The molecule has 0 aromatic heterocycles. The standard InChI is InChI=1S/C15H30N2O/c1-12(2)13-5-8-17(10-13)9-6-14-4-3-7-15(14,16)11-18/h12-14,18H,3-11,16H2,1-2H3. The van der Waals surface area contributed by atoms with Crippen LogP contribution in [0.4, 0.5) is 0 Å². The van der Waals surface area contributed by atoms with Gasteiger partial charge < -0.3 is 15.7 Å². The molecule has 0 spiro atoms. The normalized spacial score (nSPS) is 37.8. The van der Waals surface area contributed by atoms with E-state index in [-0.39, 0.29) is 12.1 Å². The summed E-state index contributed by atoms with van der Waals surface area (Å²) in [6.07, 6.45) is 5.93. The summed E-state index contributed by atoms with van der Waals surface area (Å²) in [5, 5.41) is 9.46. The number of nitrogens with two attached hydrogens (primary N) is 1. The molecule has 2 fully saturated rings. The molecule has 1 saturated carbocycles. The highest BCUT2D eigenvalue weighted by Gasteiger charge is 2.38. The maximum absolute atomic E-state index is 9.46. The second kappa shape index (κ2) is 5.89. The lowest BCUT2D eigenvalue weighted by atomic mass is 9.86.